The van der Waals surface area contributed by atoms with E-state index in [1.165, 1.54) is 12.1 Å². The largest absolute Gasteiger partial charge is 0.489 e. The molecule has 1 aliphatic heterocycles. The minimum Gasteiger partial charge on any atom is -0.489 e. The van der Waals surface area contributed by atoms with Crippen molar-refractivity contribution in [3.05, 3.63) is 59.9 Å². The zero-order chi connectivity index (χ0) is 22.2. The van der Waals surface area contributed by atoms with Crippen molar-refractivity contribution in [2.45, 2.75) is 45.8 Å². The number of anilines is 1. The fourth-order valence-electron chi connectivity index (χ4n) is 3.53. The molecule has 166 valence electrons. The first kappa shape index (κ1) is 22.6. The Bertz CT molecular complexity index is 899. The number of urea groups is 1. The average Bonchev–Trinajstić information content (AvgIpc) is 3.31. The number of nitrogens with zero attached hydrogens (tertiary/aromatic N) is 1. The second kappa shape index (κ2) is 10.8. The number of amides is 3. The second-order valence-electron chi connectivity index (χ2n) is 7.94. The predicted molar refractivity (Wildman–Crippen MR) is 118 cm³/mol. The predicted octanol–water partition coefficient (Wildman–Crippen LogP) is 4.56. The van der Waals surface area contributed by atoms with Gasteiger partial charge in [-0.25, -0.2) is 9.18 Å². The van der Waals surface area contributed by atoms with Gasteiger partial charge in [0, 0.05) is 24.8 Å². The molecule has 1 unspecified atom stereocenters. The van der Waals surface area contributed by atoms with Crippen molar-refractivity contribution in [1.29, 1.82) is 0 Å². The van der Waals surface area contributed by atoms with Gasteiger partial charge >= 0.3 is 6.03 Å². The summed E-state index contributed by atoms with van der Waals surface area (Å²) in [5.41, 5.74) is 1.46. The lowest BCUT2D eigenvalue weighted by atomic mass is 9.98. The molecule has 0 radical (unpaired) electrons. The molecule has 1 saturated heterocycles. The molecule has 0 aromatic heterocycles. The van der Waals surface area contributed by atoms with Crippen LogP contribution in [0.4, 0.5) is 14.9 Å². The Hall–Kier alpha value is -3.09. The number of benzene rings is 2. The lowest BCUT2D eigenvalue weighted by molar-refractivity contribution is -0.119. The number of hydrogen-bond acceptors (Lipinski definition) is 3. The highest BCUT2D eigenvalue weighted by Gasteiger charge is 2.28. The number of hydrogen-bond donors (Lipinski definition) is 2. The van der Waals surface area contributed by atoms with E-state index >= 15 is 0 Å². The highest BCUT2D eigenvalue weighted by Crippen LogP contribution is 2.18. The number of ether oxygens (including phenoxy) is 1. The van der Waals surface area contributed by atoms with Gasteiger partial charge in [0.2, 0.25) is 5.91 Å². The SMILES string of the molecule is CCC(C)[C@H](NC(=O)N1CCCC1)C(=O)Nc1cccc(COc2cccc(F)c2)c1. The first-order chi connectivity index (χ1) is 15.0. The molecule has 0 saturated carbocycles. The summed E-state index contributed by atoms with van der Waals surface area (Å²) >= 11 is 0. The summed E-state index contributed by atoms with van der Waals surface area (Å²) in [6, 6.07) is 12.5. The molecule has 1 fully saturated rings. The summed E-state index contributed by atoms with van der Waals surface area (Å²) < 4.78 is 18.9. The van der Waals surface area contributed by atoms with Crippen LogP contribution in [0.3, 0.4) is 0 Å². The molecule has 2 atom stereocenters. The zero-order valence-electron chi connectivity index (χ0n) is 18.1. The minimum atomic E-state index is -0.620. The number of nitrogens with one attached hydrogen (secondary N) is 2. The van der Waals surface area contributed by atoms with E-state index in [9.17, 15) is 14.0 Å². The van der Waals surface area contributed by atoms with Crippen LogP contribution in [0.2, 0.25) is 0 Å². The zero-order valence-corrected chi connectivity index (χ0v) is 18.1. The van der Waals surface area contributed by atoms with Gasteiger partial charge < -0.3 is 20.3 Å². The van der Waals surface area contributed by atoms with Crippen LogP contribution in [0.5, 0.6) is 5.75 Å². The topological polar surface area (TPSA) is 70.7 Å². The van der Waals surface area contributed by atoms with Crippen molar-refractivity contribution in [2.24, 2.45) is 5.92 Å². The summed E-state index contributed by atoms with van der Waals surface area (Å²) in [7, 11) is 0. The Labute approximate surface area is 182 Å². The van der Waals surface area contributed by atoms with Gasteiger partial charge in [0.25, 0.3) is 0 Å². The van der Waals surface area contributed by atoms with Gasteiger partial charge in [-0.3, -0.25) is 4.79 Å². The highest BCUT2D eigenvalue weighted by atomic mass is 19.1. The molecule has 2 aromatic rings. The second-order valence-corrected chi connectivity index (χ2v) is 7.94. The van der Waals surface area contributed by atoms with Crippen molar-refractivity contribution >= 4 is 17.6 Å². The third kappa shape index (κ3) is 6.44. The van der Waals surface area contributed by atoms with E-state index in [2.05, 4.69) is 10.6 Å². The molecule has 2 N–H and O–H groups in total. The van der Waals surface area contributed by atoms with Crippen LogP contribution in [0, 0.1) is 11.7 Å². The summed E-state index contributed by atoms with van der Waals surface area (Å²) in [6.45, 7) is 5.66. The van der Waals surface area contributed by atoms with E-state index in [0.29, 0.717) is 11.4 Å². The summed E-state index contributed by atoms with van der Waals surface area (Å²) in [4.78, 5) is 27.3. The van der Waals surface area contributed by atoms with Gasteiger partial charge in [-0.1, -0.05) is 38.5 Å². The van der Waals surface area contributed by atoms with Crippen LogP contribution >= 0.6 is 0 Å². The van der Waals surface area contributed by atoms with Crippen LogP contribution in [-0.4, -0.2) is 36.0 Å². The molecule has 3 amide bonds. The third-order valence-electron chi connectivity index (χ3n) is 5.56. The summed E-state index contributed by atoms with van der Waals surface area (Å²) in [6.07, 6.45) is 2.76. The number of halogens is 1. The molecular formula is C24H30FN3O3. The molecule has 6 nitrogen and oxygen atoms in total. The van der Waals surface area contributed by atoms with E-state index in [1.54, 1.807) is 23.1 Å². The third-order valence-corrected chi connectivity index (χ3v) is 5.56. The quantitative estimate of drug-likeness (QED) is 0.649. The van der Waals surface area contributed by atoms with Crippen LogP contribution in [0.25, 0.3) is 0 Å². The van der Waals surface area contributed by atoms with E-state index in [1.807, 2.05) is 32.0 Å². The van der Waals surface area contributed by atoms with Gasteiger partial charge in [0.1, 0.15) is 24.2 Å². The van der Waals surface area contributed by atoms with E-state index in [-0.39, 0.29) is 30.3 Å². The number of carbonyl (C=O) groups is 2. The van der Waals surface area contributed by atoms with Crippen molar-refractivity contribution in [2.75, 3.05) is 18.4 Å². The number of rotatable bonds is 8. The molecule has 1 aliphatic rings. The maximum absolute atomic E-state index is 13.3. The van der Waals surface area contributed by atoms with Gasteiger partial charge in [0.15, 0.2) is 0 Å². The van der Waals surface area contributed by atoms with Crippen molar-refractivity contribution < 1.29 is 18.7 Å². The number of carbonyl (C=O) groups excluding carboxylic acids is 2. The highest BCUT2D eigenvalue weighted by molar-refractivity contribution is 5.97. The van der Waals surface area contributed by atoms with Crippen LogP contribution < -0.4 is 15.4 Å². The Kier molecular flexibility index (Phi) is 7.87. The molecule has 2 aromatic carbocycles. The van der Waals surface area contributed by atoms with Gasteiger partial charge in [-0.05, 0) is 48.6 Å². The Balaban J connectivity index is 1.62. The molecular weight excluding hydrogens is 397 g/mol. The minimum absolute atomic E-state index is 0.00829. The lowest BCUT2D eigenvalue weighted by Crippen LogP contribution is -2.51. The van der Waals surface area contributed by atoms with Gasteiger partial charge in [-0.2, -0.15) is 0 Å². The smallest absolute Gasteiger partial charge is 0.318 e. The van der Waals surface area contributed by atoms with E-state index in [0.717, 1.165) is 37.9 Å². The molecule has 0 aliphatic carbocycles. The molecule has 0 spiro atoms. The Morgan fingerprint density at radius 1 is 1.13 bits per heavy atom. The molecule has 31 heavy (non-hydrogen) atoms. The average molecular weight is 428 g/mol. The maximum atomic E-state index is 13.3. The standard InChI is InChI=1S/C24H30FN3O3/c1-3-17(2)22(27-24(30)28-12-4-5-13-28)23(29)26-20-10-6-8-18(14-20)16-31-21-11-7-9-19(25)15-21/h6-11,14-15,17,22H,3-5,12-13,16H2,1-2H3,(H,26,29)(H,27,30)/t17?,22-/m0/s1. The summed E-state index contributed by atoms with van der Waals surface area (Å²) in [5.74, 6) is -0.169. The molecule has 1 heterocycles. The summed E-state index contributed by atoms with van der Waals surface area (Å²) in [5, 5.41) is 5.82. The first-order valence-electron chi connectivity index (χ1n) is 10.8. The first-order valence-corrected chi connectivity index (χ1v) is 10.8. The monoisotopic (exact) mass is 427 g/mol. The fourth-order valence-corrected chi connectivity index (χ4v) is 3.53. The molecule has 7 heteroatoms. The van der Waals surface area contributed by atoms with Crippen LogP contribution in [0.1, 0.15) is 38.7 Å². The van der Waals surface area contributed by atoms with Crippen LogP contribution in [0.15, 0.2) is 48.5 Å². The normalized spacial score (nSPS) is 15.3. The molecule has 3 rings (SSSR count). The fraction of sp³-hybridized carbons (Fsp3) is 0.417. The maximum Gasteiger partial charge on any atom is 0.318 e. The van der Waals surface area contributed by atoms with Crippen LogP contribution in [-0.2, 0) is 11.4 Å². The Morgan fingerprint density at radius 3 is 2.58 bits per heavy atom. The van der Waals surface area contributed by atoms with Crippen molar-refractivity contribution in [3.8, 4) is 5.75 Å². The lowest BCUT2D eigenvalue weighted by Gasteiger charge is -2.26. The van der Waals surface area contributed by atoms with E-state index in [4.69, 9.17) is 4.74 Å². The van der Waals surface area contributed by atoms with Gasteiger partial charge in [-0.15, -0.1) is 0 Å². The van der Waals surface area contributed by atoms with Crippen molar-refractivity contribution in [3.63, 3.8) is 0 Å². The van der Waals surface area contributed by atoms with Crippen molar-refractivity contribution in [1.82, 2.24) is 10.2 Å². The van der Waals surface area contributed by atoms with E-state index < -0.39 is 6.04 Å². The number of likely N-dealkylation sites (tertiary alicyclic amines) is 1. The molecule has 0 bridgehead atoms. The Morgan fingerprint density at radius 2 is 1.87 bits per heavy atom. The van der Waals surface area contributed by atoms with Gasteiger partial charge in [0.05, 0.1) is 0 Å².